The van der Waals surface area contributed by atoms with E-state index in [2.05, 4.69) is 39.8 Å². The molecule has 1 atom stereocenters. The number of nitrogens with one attached hydrogen (secondary N) is 1. The van der Waals surface area contributed by atoms with E-state index in [-0.39, 0.29) is 11.8 Å². The van der Waals surface area contributed by atoms with E-state index >= 15 is 0 Å². The van der Waals surface area contributed by atoms with Crippen LogP contribution in [0.2, 0.25) is 0 Å². The van der Waals surface area contributed by atoms with Gasteiger partial charge in [0, 0.05) is 29.2 Å². The number of alkyl halides is 2. The molecule has 0 heterocycles. The summed E-state index contributed by atoms with van der Waals surface area (Å²) in [6.07, 6.45) is 0. The molecule has 0 bridgehead atoms. The molecule has 0 aliphatic rings. The third-order valence-corrected chi connectivity index (χ3v) is 3.59. The zero-order valence-corrected chi connectivity index (χ0v) is 14.1. The van der Waals surface area contributed by atoms with Crippen molar-refractivity contribution < 1.29 is 18.3 Å². The standard InChI is InChI=1S/C15H22BrF2NO2/c1-4-20-9-13(10(2)3)19-8-11-7-12(16)5-6-14(11)21-15(17)18/h5-7,10,13,15,19H,4,8-9H2,1-3H3. The van der Waals surface area contributed by atoms with Crippen molar-refractivity contribution in [1.29, 1.82) is 0 Å². The summed E-state index contributed by atoms with van der Waals surface area (Å²) in [5.41, 5.74) is 0.687. The van der Waals surface area contributed by atoms with Crippen LogP contribution < -0.4 is 10.1 Å². The molecule has 21 heavy (non-hydrogen) atoms. The largest absolute Gasteiger partial charge is 0.434 e. The molecule has 0 saturated heterocycles. The average molecular weight is 366 g/mol. The second-order valence-electron chi connectivity index (χ2n) is 5.02. The van der Waals surface area contributed by atoms with Gasteiger partial charge < -0.3 is 14.8 Å². The zero-order chi connectivity index (χ0) is 15.8. The van der Waals surface area contributed by atoms with Crippen LogP contribution in [0.4, 0.5) is 8.78 Å². The highest BCUT2D eigenvalue weighted by atomic mass is 79.9. The monoisotopic (exact) mass is 365 g/mol. The predicted molar refractivity (Wildman–Crippen MR) is 82.7 cm³/mol. The fourth-order valence-corrected chi connectivity index (χ4v) is 2.28. The molecule has 0 aliphatic carbocycles. The smallest absolute Gasteiger partial charge is 0.387 e. The Balaban J connectivity index is 2.73. The van der Waals surface area contributed by atoms with Crippen LogP contribution in [0, 0.1) is 5.92 Å². The van der Waals surface area contributed by atoms with Crippen molar-refractivity contribution in [3.63, 3.8) is 0 Å². The van der Waals surface area contributed by atoms with Gasteiger partial charge in [0.2, 0.25) is 0 Å². The van der Waals surface area contributed by atoms with Crippen LogP contribution in [-0.4, -0.2) is 25.9 Å². The van der Waals surface area contributed by atoms with E-state index in [4.69, 9.17) is 4.74 Å². The van der Waals surface area contributed by atoms with E-state index in [1.54, 1.807) is 18.2 Å². The first kappa shape index (κ1) is 18.3. The molecule has 0 spiro atoms. The number of halogens is 3. The number of hydrogen-bond donors (Lipinski definition) is 1. The van der Waals surface area contributed by atoms with Crippen molar-refractivity contribution in [2.45, 2.75) is 40.0 Å². The topological polar surface area (TPSA) is 30.5 Å². The Morgan fingerprint density at radius 2 is 2.00 bits per heavy atom. The highest BCUT2D eigenvalue weighted by Gasteiger charge is 2.15. The van der Waals surface area contributed by atoms with E-state index in [0.29, 0.717) is 31.2 Å². The second kappa shape index (κ2) is 9.33. The molecular weight excluding hydrogens is 344 g/mol. The highest BCUT2D eigenvalue weighted by Crippen LogP contribution is 2.25. The summed E-state index contributed by atoms with van der Waals surface area (Å²) >= 11 is 3.34. The Labute approximate surface area is 133 Å². The minimum Gasteiger partial charge on any atom is -0.434 e. The van der Waals surface area contributed by atoms with Crippen molar-refractivity contribution in [1.82, 2.24) is 5.32 Å². The van der Waals surface area contributed by atoms with Gasteiger partial charge in [-0.1, -0.05) is 29.8 Å². The Morgan fingerprint density at radius 1 is 1.29 bits per heavy atom. The average Bonchev–Trinajstić information content (AvgIpc) is 2.40. The van der Waals surface area contributed by atoms with E-state index in [0.717, 1.165) is 4.47 Å². The van der Waals surface area contributed by atoms with Crippen molar-refractivity contribution in [2.24, 2.45) is 5.92 Å². The van der Waals surface area contributed by atoms with Gasteiger partial charge >= 0.3 is 6.61 Å². The SMILES string of the molecule is CCOCC(NCc1cc(Br)ccc1OC(F)F)C(C)C. The minimum atomic E-state index is -2.82. The number of hydrogen-bond acceptors (Lipinski definition) is 3. The summed E-state index contributed by atoms with van der Waals surface area (Å²) in [6, 6.07) is 5.16. The molecule has 1 aromatic carbocycles. The van der Waals surface area contributed by atoms with Crippen molar-refractivity contribution >= 4 is 15.9 Å². The maximum Gasteiger partial charge on any atom is 0.387 e. The third-order valence-electron chi connectivity index (χ3n) is 3.10. The quantitative estimate of drug-likeness (QED) is 0.711. The van der Waals surface area contributed by atoms with Crippen LogP contribution >= 0.6 is 15.9 Å². The van der Waals surface area contributed by atoms with Gasteiger partial charge in [0.05, 0.1) is 6.61 Å². The molecule has 1 unspecified atom stereocenters. The van der Waals surface area contributed by atoms with Gasteiger partial charge in [-0.3, -0.25) is 0 Å². The fraction of sp³-hybridized carbons (Fsp3) is 0.600. The molecule has 120 valence electrons. The molecule has 0 saturated carbocycles. The number of benzene rings is 1. The molecule has 1 N–H and O–H groups in total. The Morgan fingerprint density at radius 3 is 2.57 bits per heavy atom. The van der Waals surface area contributed by atoms with Gasteiger partial charge in [-0.05, 0) is 31.0 Å². The molecule has 1 aromatic rings. The molecular formula is C15H22BrF2NO2. The van der Waals surface area contributed by atoms with Crippen LogP contribution in [-0.2, 0) is 11.3 Å². The molecule has 0 radical (unpaired) electrons. The summed E-state index contributed by atoms with van der Waals surface area (Å²) in [5.74, 6) is 0.572. The lowest BCUT2D eigenvalue weighted by molar-refractivity contribution is -0.0505. The number of rotatable bonds is 9. The Kier molecular flexibility index (Phi) is 8.14. The van der Waals surface area contributed by atoms with E-state index < -0.39 is 6.61 Å². The van der Waals surface area contributed by atoms with Gasteiger partial charge in [-0.25, -0.2) is 0 Å². The Hall–Kier alpha value is -0.720. The molecule has 0 aliphatic heterocycles. The van der Waals surface area contributed by atoms with E-state index in [1.807, 2.05) is 6.92 Å². The first-order valence-corrected chi connectivity index (χ1v) is 7.77. The molecule has 0 aromatic heterocycles. The lowest BCUT2D eigenvalue weighted by atomic mass is 10.0. The van der Waals surface area contributed by atoms with Gasteiger partial charge in [-0.2, -0.15) is 8.78 Å². The summed E-state index contributed by atoms with van der Waals surface area (Å²) in [7, 11) is 0. The lowest BCUT2D eigenvalue weighted by Crippen LogP contribution is -2.37. The lowest BCUT2D eigenvalue weighted by Gasteiger charge is -2.23. The van der Waals surface area contributed by atoms with Crippen LogP contribution in [0.3, 0.4) is 0 Å². The first-order chi connectivity index (χ1) is 9.93. The summed E-state index contributed by atoms with van der Waals surface area (Å²) in [5, 5.41) is 3.34. The maximum atomic E-state index is 12.4. The van der Waals surface area contributed by atoms with Gasteiger partial charge in [-0.15, -0.1) is 0 Å². The molecule has 3 nitrogen and oxygen atoms in total. The minimum absolute atomic E-state index is 0.156. The third kappa shape index (κ3) is 6.72. The normalized spacial score (nSPS) is 13.0. The zero-order valence-electron chi connectivity index (χ0n) is 12.5. The molecule has 0 amide bonds. The van der Waals surface area contributed by atoms with Crippen LogP contribution in [0.25, 0.3) is 0 Å². The molecule has 0 fully saturated rings. The number of ether oxygens (including phenoxy) is 2. The molecule has 1 rings (SSSR count). The summed E-state index contributed by atoms with van der Waals surface area (Å²) < 4.78 is 35.7. The van der Waals surface area contributed by atoms with Gasteiger partial charge in [0.25, 0.3) is 0 Å². The second-order valence-corrected chi connectivity index (χ2v) is 5.94. The Bertz CT molecular complexity index is 430. The van der Waals surface area contributed by atoms with Crippen LogP contribution in [0.1, 0.15) is 26.3 Å². The van der Waals surface area contributed by atoms with E-state index in [1.165, 1.54) is 0 Å². The summed E-state index contributed by atoms with van der Waals surface area (Å²) in [4.78, 5) is 0. The van der Waals surface area contributed by atoms with Crippen LogP contribution in [0.15, 0.2) is 22.7 Å². The van der Waals surface area contributed by atoms with Gasteiger partial charge in [0.1, 0.15) is 5.75 Å². The fourth-order valence-electron chi connectivity index (χ4n) is 1.87. The van der Waals surface area contributed by atoms with E-state index in [9.17, 15) is 8.78 Å². The van der Waals surface area contributed by atoms with Gasteiger partial charge in [0.15, 0.2) is 0 Å². The van der Waals surface area contributed by atoms with Crippen molar-refractivity contribution in [2.75, 3.05) is 13.2 Å². The predicted octanol–water partition coefficient (Wildman–Crippen LogP) is 4.20. The van der Waals surface area contributed by atoms with Crippen LogP contribution in [0.5, 0.6) is 5.75 Å². The first-order valence-electron chi connectivity index (χ1n) is 6.98. The maximum absolute atomic E-state index is 12.4. The van der Waals surface area contributed by atoms with Crippen molar-refractivity contribution in [3.8, 4) is 5.75 Å². The summed E-state index contributed by atoms with van der Waals surface area (Å²) in [6.45, 7) is 4.99. The van der Waals surface area contributed by atoms with Crippen molar-refractivity contribution in [3.05, 3.63) is 28.2 Å². The molecule has 6 heteroatoms. The highest BCUT2D eigenvalue weighted by molar-refractivity contribution is 9.10.